The molecule has 1 amide bonds. The van der Waals surface area contributed by atoms with Gasteiger partial charge in [-0.2, -0.15) is 4.31 Å². The highest BCUT2D eigenvalue weighted by Crippen LogP contribution is 2.31. The van der Waals surface area contributed by atoms with E-state index in [-0.39, 0.29) is 21.9 Å². The van der Waals surface area contributed by atoms with E-state index in [9.17, 15) is 18.3 Å². The molecule has 3 rings (SSSR count). The number of hydrogen-bond donors (Lipinski definition) is 2. The molecule has 0 radical (unpaired) electrons. The normalized spacial score (nSPS) is 14.9. The number of rotatable bonds is 5. The Morgan fingerprint density at radius 3 is 2.56 bits per heavy atom. The van der Waals surface area contributed by atoms with Gasteiger partial charge in [0, 0.05) is 18.1 Å². The van der Waals surface area contributed by atoms with Gasteiger partial charge in [-0.3, -0.25) is 4.79 Å². The second-order valence-electron chi connectivity index (χ2n) is 6.09. The number of benzene rings is 2. The first-order valence-corrected chi connectivity index (χ1v) is 10.1. The van der Waals surface area contributed by atoms with Crippen LogP contribution in [0.2, 0.25) is 5.02 Å². The Morgan fingerprint density at radius 2 is 1.89 bits per heavy atom. The molecule has 1 aliphatic heterocycles. The lowest BCUT2D eigenvalue weighted by Gasteiger charge is -2.17. The minimum absolute atomic E-state index is 0.00978. The molecule has 0 aliphatic carbocycles. The molecule has 1 aliphatic rings. The number of amides is 1. The van der Waals surface area contributed by atoms with Crippen molar-refractivity contribution in [2.75, 3.05) is 25.5 Å². The van der Waals surface area contributed by atoms with Gasteiger partial charge >= 0.3 is 0 Å². The molecule has 1 fully saturated rings. The monoisotopic (exact) mass is 410 g/mol. The van der Waals surface area contributed by atoms with E-state index in [2.05, 4.69) is 5.32 Å². The third-order valence-corrected chi connectivity index (χ3v) is 6.45. The topological polar surface area (TPSA) is 95.9 Å². The van der Waals surface area contributed by atoms with Crippen LogP contribution in [0.4, 0.5) is 5.69 Å². The van der Waals surface area contributed by atoms with Gasteiger partial charge in [0.2, 0.25) is 10.0 Å². The van der Waals surface area contributed by atoms with E-state index in [4.69, 9.17) is 16.3 Å². The maximum Gasteiger partial charge on any atom is 0.259 e. The predicted octanol–water partition coefficient (Wildman–Crippen LogP) is 3.09. The van der Waals surface area contributed by atoms with Crippen LogP contribution < -0.4 is 10.1 Å². The number of anilines is 1. The molecule has 7 nitrogen and oxygen atoms in total. The van der Waals surface area contributed by atoms with E-state index in [0.29, 0.717) is 23.9 Å². The molecule has 144 valence electrons. The van der Waals surface area contributed by atoms with E-state index in [1.54, 1.807) is 12.1 Å². The van der Waals surface area contributed by atoms with Crippen LogP contribution in [-0.2, 0) is 10.0 Å². The van der Waals surface area contributed by atoms with E-state index in [1.165, 1.54) is 35.7 Å². The average molecular weight is 411 g/mol. The summed E-state index contributed by atoms with van der Waals surface area (Å²) in [5, 5.41) is 12.9. The number of ether oxygens (including phenoxy) is 1. The Hall–Kier alpha value is -2.29. The summed E-state index contributed by atoms with van der Waals surface area (Å²) in [5.74, 6) is -0.526. The minimum atomic E-state index is -3.67. The molecule has 0 saturated carbocycles. The smallest absolute Gasteiger partial charge is 0.259 e. The molecule has 0 unspecified atom stereocenters. The highest BCUT2D eigenvalue weighted by atomic mass is 35.5. The maximum atomic E-state index is 12.7. The number of nitrogens with one attached hydrogen (secondary N) is 1. The largest absolute Gasteiger partial charge is 0.506 e. The zero-order chi connectivity index (χ0) is 19.6. The summed E-state index contributed by atoms with van der Waals surface area (Å²) in [6, 6.07) is 8.37. The number of carbonyl (C=O) groups excluding carboxylic acids is 1. The van der Waals surface area contributed by atoms with Gasteiger partial charge in [-0.05, 0) is 49.2 Å². The summed E-state index contributed by atoms with van der Waals surface area (Å²) < 4.78 is 31.9. The zero-order valence-corrected chi connectivity index (χ0v) is 16.2. The van der Waals surface area contributed by atoms with Crippen LogP contribution in [0.25, 0.3) is 0 Å². The van der Waals surface area contributed by atoms with Crippen molar-refractivity contribution in [1.82, 2.24) is 4.31 Å². The second kappa shape index (κ2) is 7.75. The lowest BCUT2D eigenvalue weighted by molar-refractivity contribution is 0.102. The molecule has 2 aromatic rings. The first-order chi connectivity index (χ1) is 12.8. The van der Waals surface area contributed by atoms with Crippen molar-refractivity contribution in [3.05, 3.63) is 47.0 Å². The van der Waals surface area contributed by atoms with Gasteiger partial charge in [0.15, 0.2) is 0 Å². The Balaban J connectivity index is 1.91. The number of halogens is 1. The zero-order valence-electron chi connectivity index (χ0n) is 14.6. The van der Waals surface area contributed by atoms with Gasteiger partial charge in [0.25, 0.3) is 5.91 Å². The molecular weight excluding hydrogens is 392 g/mol. The van der Waals surface area contributed by atoms with E-state index < -0.39 is 15.9 Å². The van der Waals surface area contributed by atoms with Crippen LogP contribution in [0.3, 0.4) is 0 Å². The number of aromatic hydroxyl groups is 1. The third-order valence-electron chi connectivity index (χ3n) is 4.33. The molecule has 0 spiro atoms. The van der Waals surface area contributed by atoms with Crippen molar-refractivity contribution >= 4 is 33.2 Å². The summed E-state index contributed by atoms with van der Waals surface area (Å²) in [6.45, 7) is 0.926. The average Bonchev–Trinajstić information content (AvgIpc) is 3.19. The van der Waals surface area contributed by atoms with Crippen LogP contribution in [0.15, 0.2) is 41.3 Å². The molecule has 1 heterocycles. The van der Waals surface area contributed by atoms with E-state index >= 15 is 0 Å². The summed E-state index contributed by atoms with van der Waals surface area (Å²) in [4.78, 5) is 12.6. The molecular formula is C18H19ClN2O5S. The Kier molecular flexibility index (Phi) is 5.59. The first kappa shape index (κ1) is 19.5. The molecule has 9 heteroatoms. The first-order valence-electron chi connectivity index (χ1n) is 8.31. The summed E-state index contributed by atoms with van der Waals surface area (Å²) in [7, 11) is -2.26. The number of sulfonamides is 1. The molecule has 0 bridgehead atoms. The molecule has 1 saturated heterocycles. The summed E-state index contributed by atoms with van der Waals surface area (Å²) in [5.41, 5.74) is 0.152. The molecule has 27 heavy (non-hydrogen) atoms. The highest BCUT2D eigenvalue weighted by molar-refractivity contribution is 7.89. The maximum absolute atomic E-state index is 12.7. The lowest BCUT2D eigenvalue weighted by Crippen LogP contribution is -2.28. The number of nitrogens with zero attached hydrogens (tertiary/aromatic N) is 1. The van der Waals surface area contributed by atoms with Gasteiger partial charge in [-0.15, -0.1) is 0 Å². The van der Waals surface area contributed by atoms with Crippen LogP contribution in [0, 0.1) is 0 Å². The van der Waals surface area contributed by atoms with Crippen molar-refractivity contribution in [3.63, 3.8) is 0 Å². The SMILES string of the molecule is COc1ccc(Cl)cc1C(=O)Nc1cc(S(=O)(=O)N2CCCC2)ccc1O. The van der Waals surface area contributed by atoms with Gasteiger partial charge in [-0.25, -0.2) is 8.42 Å². The molecule has 2 N–H and O–H groups in total. The van der Waals surface area contributed by atoms with E-state index in [1.807, 2.05) is 0 Å². The highest BCUT2D eigenvalue weighted by Gasteiger charge is 2.28. The lowest BCUT2D eigenvalue weighted by atomic mass is 10.1. The fourth-order valence-corrected chi connectivity index (χ4v) is 4.62. The standard InChI is InChI=1S/C18H19ClN2O5S/c1-26-17-7-4-12(19)10-14(17)18(23)20-15-11-13(5-6-16(15)22)27(24,25)21-8-2-3-9-21/h4-7,10-11,22H,2-3,8-9H2,1H3,(H,20,23). The fraction of sp³-hybridized carbons (Fsp3) is 0.278. The molecule has 0 aromatic heterocycles. The van der Waals surface area contributed by atoms with Crippen LogP contribution in [0.5, 0.6) is 11.5 Å². The van der Waals surface area contributed by atoms with Gasteiger partial charge < -0.3 is 15.2 Å². The van der Waals surface area contributed by atoms with Crippen molar-refractivity contribution in [1.29, 1.82) is 0 Å². The molecule has 2 aromatic carbocycles. The van der Waals surface area contributed by atoms with E-state index in [0.717, 1.165) is 12.8 Å². The fourth-order valence-electron chi connectivity index (χ4n) is 2.90. The van der Waals surface area contributed by atoms with Gasteiger partial charge in [0.05, 0.1) is 23.3 Å². The Labute approximate surface area is 162 Å². The van der Waals surface area contributed by atoms with Gasteiger partial charge in [-0.1, -0.05) is 11.6 Å². The Morgan fingerprint density at radius 1 is 1.19 bits per heavy atom. The quantitative estimate of drug-likeness (QED) is 0.738. The number of phenols is 1. The van der Waals surface area contributed by atoms with Crippen molar-refractivity contribution < 1.29 is 23.1 Å². The van der Waals surface area contributed by atoms with Crippen LogP contribution in [-0.4, -0.2) is 43.9 Å². The third kappa shape index (κ3) is 4.02. The van der Waals surface area contributed by atoms with Crippen LogP contribution >= 0.6 is 11.6 Å². The number of carbonyl (C=O) groups is 1. The van der Waals surface area contributed by atoms with Crippen molar-refractivity contribution in [2.24, 2.45) is 0 Å². The predicted molar refractivity (Wildman–Crippen MR) is 102 cm³/mol. The molecule has 0 atom stereocenters. The number of hydrogen-bond acceptors (Lipinski definition) is 5. The minimum Gasteiger partial charge on any atom is -0.506 e. The number of phenolic OH excluding ortho intramolecular Hbond substituents is 1. The van der Waals surface area contributed by atoms with Crippen LogP contribution in [0.1, 0.15) is 23.2 Å². The Bertz CT molecular complexity index is 972. The summed E-state index contributed by atoms with van der Waals surface area (Å²) >= 11 is 5.94. The van der Waals surface area contributed by atoms with Gasteiger partial charge in [0.1, 0.15) is 11.5 Å². The second-order valence-corrected chi connectivity index (χ2v) is 8.46. The number of methoxy groups -OCH3 is 1. The summed E-state index contributed by atoms with van der Waals surface area (Å²) in [6.07, 6.45) is 1.63. The van der Waals surface area contributed by atoms with Crippen molar-refractivity contribution in [3.8, 4) is 11.5 Å². The van der Waals surface area contributed by atoms with Crippen molar-refractivity contribution in [2.45, 2.75) is 17.7 Å².